The van der Waals surface area contributed by atoms with Gasteiger partial charge >= 0.3 is 0 Å². The highest BCUT2D eigenvalue weighted by atomic mass is 16.4. The molecule has 0 radical (unpaired) electrons. The number of likely N-dealkylation sites (tertiary alicyclic amines) is 1. The molecule has 1 fully saturated rings. The number of rotatable bonds is 1. The average molecular weight is 248 g/mol. The maximum Gasteiger partial charge on any atom is 0.254 e. The first-order chi connectivity index (χ1) is 8.61. The van der Waals surface area contributed by atoms with E-state index in [0.29, 0.717) is 31.5 Å². The minimum atomic E-state index is -0.0951. The molecule has 1 aliphatic heterocycles. The van der Waals surface area contributed by atoms with Crippen molar-refractivity contribution in [1.82, 2.24) is 4.90 Å². The lowest BCUT2D eigenvalue weighted by Gasteiger charge is -2.27. The predicted octanol–water partition coefficient (Wildman–Crippen LogP) is 1.77. The lowest BCUT2D eigenvalue weighted by Crippen LogP contribution is -2.38. The van der Waals surface area contributed by atoms with Crippen molar-refractivity contribution in [2.75, 3.05) is 13.1 Å². The fourth-order valence-electron chi connectivity index (χ4n) is 1.99. The summed E-state index contributed by atoms with van der Waals surface area (Å²) in [5.41, 5.74) is 1.97. The van der Waals surface area contributed by atoms with Crippen LogP contribution < -0.4 is 0 Å². The summed E-state index contributed by atoms with van der Waals surface area (Å²) in [6.07, 6.45) is 1.19. The second-order valence-electron chi connectivity index (χ2n) is 4.46. The zero-order valence-electron chi connectivity index (χ0n) is 10.3. The zero-order valence-corrected chi connectivity index (χ0v) is 10.3. The van der Waals surface area contributed by atoms with Crippen LogP contribution in [0.1, 0.15) is 28.8 Å². The van der Waals surface area contributed by atoms with Gasteiger partial charge in [0.1, 0.15) is 5.75 Å². The number of benzene rings is 1. The first kappa shape index (κ1) is 12.4. The molecule has 0 atom stereocenters. The van der Waals surface area contributed by atoms with E-state index in [1.165, 1.54) is 6.07 Å². The van der Waals surface area contributed by atoms with Gasteiger partial charge in [-0.25, -0.2) is 0 Å². The van der Waals surface area contributed by atoms with Gasteiger partial charge in [-0.2, -0.15) is 0 Å². The summed E-state index contributed by atoms with van der Waals surface area (Å²) in [6.45, 7) is 2.88. The number of aromatic hydroxyl groups is 1. The van der Waals surface area contributed by atoms with Crippen molar-refractivity contribution in [3.63, 3.8) is 0 Å². The van der Waals surface area contributed by atoms with Crippen molar-refractivity contribution < 1.29 is 15.1 Å². The Kier molecular flexibility index (Phi) is 3.50. The smallest absolute Gasteiger partial charge is 0.254 e. The molecule has 0 aliphatic carbocycles. The molecule has 0 spiro atoms. The van der Waals surface area contributed by atoms with Gasteiger partial charge in [0.15, 0.2) is 0 Å². The maximum absolute atomic E-state index is 12.2. The van der Waals surface area contributed by atoms with Crippen LogP contribution in [-0.4, -0.2) is 39.9 Å². The number of phenolic OH excluding ortho intramolecular Hbond substituents is 1. The molecule has 5 heteroatoms. The summed E-state index contributed by atoms with van der Waals surface area (Å²) in [4.78, 5) is 13.9. The number of amides is 1. The lowest BCUT2D eigenvalue weighted by atomic mass is 10.1. The lowest BCUT2D eigenvalue weighted by molar-refractivity contribution is 0.0753. The Bertz CT molecular complexity index is 487. The highest BCUT2D eigenvalue weighted by Crippen LogP contribution is 2.19. The van der Waals surface area contributed by atoms with E-state index in [9.17, 15) is 9.90 Å². The summed E-state index contributed by atoms with van der Waals surface area (Å²) in [6, 6.07) is 4.94. The quantitative estimate of drug-likeness (QED) is 0.587. The minimum Gasteiger partial charge on any atom is -0.508 e. The number of hydrogen-bond donors (Lipinski definition) is 2. The summed E-state index contributed by atoms with van der Waals surface area (Å²) in [5.74, 6) is 0.0396. The standard InChI is InChI=1S/C13H16N2O3/c1-9-2-3-10(8-12(9)16)13(17)15-6-4-11(14-18)5-7-15/h2-3,8,16,18H,4-7H2,1H3. The van der Waals surface area contributed by atoms with Crippen molar-refractivity contribution in [3.8, 4) is 5.75 Å². The van der Waals surface area contributed by atoms with Crippen LogP contribution in [0.2, 0.25) is 0 Å². The van der Waals surface area contributed by atoms with Gasteiger partial charge in [0.25, 0.3) is 5.91 Å². The van der Waals surface area contributed by atoms with Crippen molar-refractivity contribution in [3.05, 3.63) is 29.3 Å². The second kappa shape index (κ2) is 5.08. The number of carbonyl (C=O) groups is 1. The van der Waals surface area contributed by atoms with Gasteiger partial charge in [0.2, 0.25) is 0 Å². The summed E-state index contributed by atoms with van der Waals surface area (Å²) in [5, 5.41) is 21.4. The number of carbonyl (C=O) groups excluding carboxylic acids is 1. The molecule has 1 aliphatic rings. The van der Waals surface area contributed by atoms with Crippen molar-refractivity contribution in [2.24, 2.45) is 5.16 Å². The SMILES string of the molecule is Cc1ccc(C(=O)N2CCC(=NO)CC2)cc1O. The molecule has 2 N–H and O–H groups in total. The molecule has 5 nitrogen and oxygen atoms in total. The fraction of sp³-hybridized carbons (Fsp3) is 0.385. The van der Waals surface area contributed by atoms with Crippen LogP contribution in [-0.2, 0) is 0 Å². The minimum absolute atomic E-state index is 0.0951. The largest absolute Gasteiger partial charge is 0.508 e. The van der Waals surface area contributed by atoms with Gasteiger partial charge in [-0.3, -0.25) is 4.79 Å². The van der Waals surface area contributed by atoms with Crippen molar-refractivity contribution >= 4 is 11.6 Å². The molecule has 2 rings (SSSR count). The number of nitrogens with zero attached hydrogens (tertiary/aromatic N) is 2. The van der Waals surface area contributed by atoms with Crippen LogP contribution in [0, 0.1) is 6.92 Å². The van der Waals surface area contributed by atoms with Gasteiger partial charge in [-0.05, 0) is 24.6 Å². The molecule has 1 heterocycles. The van der Waals surface area contributed by atoms with Crippen molar-refractivity contribution in [2.45, 2.75) is 19.8 Å². The molecular weight excluding hydrogens is 232 g/mol. The van der Waals surface area contributed by atoms with Crippen LogP contribution in [0.15, 0.2) is 23.4 Å². The molecule has 96 valence electrons. The van der Waals surface area contributed by atoms with Gasteiger partial charge in [0, 0.05) is 31.5 Å². The van der Waals surface area contributed by atoms with Crippen LogP contribution >= 0.6 is 0 Å². The van der Waals surface area contributed by atoms with Crippen LogP contribution in [0.4, 0.5) is 0 Å². The zero-order chi connectivity index (χ0) is 13.1. The first-order valence-corrected chi connectivity index (χ1v) is 5.90. The molecule has 18 heavy (non-hydrogen) atoms. The number of hydrogen-bond acceptors (Lipinski definition) is 4. The summed E-state index contributed by atoms with van der Waals surface area (Å²) >= 11 is 0. The molecule has 1 aromatic rings. The first-order valence-electron chi connectivity index (χ1n) is 5.90. The monoisotopic (exact) mass is 248 g/mol. The maximum atomic E-state index is 12.2. The van der Waals surface area contributed by atoms with Gasteiger partial charge in [-0.1, -0.05) is 11.2 Å². The molecule has 0 saturated carbocycles. The highest BCUT2D eigenvalue weighted by Gasteiger charge is 2.21. The van der Waals surface area contributed by atoms with Crippen LogP contribution in [0.3, 0.4) is 0 Å². The predicted molar refractivity (Wildman–Crippen MR) is 67.2 cm³/mol. The second-order valence-corrected chi connectivity index (χ2v) is 4.46. The van der Waals surface area contributed by atoms with E-state index in [4.69, 9.17) is 5.21 Å². The van der Waals surface area contributed by atoms with E-state index in [0.717, 1.165) is 11.3 Å². The molecule has 0 unspecified atom stereocenters. The van der Waals surface area contributed by atoms with Crippen molar-refractivity contribution in [1.29, 1.82) is 0 Å². The average Bonchev–Trinajstić information content (AvgIpc) is 2.41. The summed E-state index contributed by atoms with van der Waals surface area (Å²) < 4.78 is 0. The Hall–Kier alpha value is -2.04. The number of aryl methyl sites for hydroxylation is 1. The molecule has 0 aromatic heterocycles. The molecule has 1 saturated heterocycles. The summed E-state index contributed by atoms with van der Waals surface area (Å²) in [7, 11) is 0. The number of phenols is 1. The molecule has 1 aromatic carbocycles. The Morgan fingerprint density at radius 2 is 2.00 bits per heavy atom. The molecule has 1 amide bonds. The Morgan fingerprint density at radius 1 is 1.33 bits per heavy atom. The Morgan fingerprint density at radius 3 is 2.56 bits per heavy atom. The van der Waals surface area contributed by atoms with Gasteiger partial charge < -0.3 is 15.2 Å². The molecular formula is C13H16N2O3. The number of oxime groups is 1. The topological polar surface area (TPSA) is 73.1 Å². The third kappa shape index (κ3) is 2.45. The van der Waals surface area contributed by atoms with Gasteiger partial charge in [0.05, 0.1) is 5.71 Å². The van der Waals surface area contributed by atoms with E-state index in [1.54, 1.807) is 24.0 Å². The van der Waals surface area contributed by atoms with E-state index < -0.39 is 0 Å². The van der Waals surface area contributed by atoms with E-state index in [1.807, 2.05) is 0 Å². The highest BCUT2D eigenvalue weighted by molar-refractivity contribution is 5.96. The van der Waals surface area contributed by atoms with Crippen LogP contribution in [0.5, 0.6) is 5.75 Å². The van der Waals surface area contributed by atoms with E-state index in [-0.39, 0.29) is 11.7 Å². The van der Waals surface area contributed by atoms with Gasteiger partial charge in [-0.15, -0.1) is 0 Å². The van der Waals surface area contributed by atoms with Crippen LogP contribution in [0.25, 0.3) is 0 Å². The Labute approximate surface area is 105 Å². The van der Waals surface area contributed by atoms with E-state index >= 15 is 0 Å². The normalized spacial score (nSPS) is 15.6. The fourth-order valence-corrected chi connectivity index (χ4v) is 1.99. The molecule has 0 bridgehead atoms. The third-order valence-electron chi connectivity index (χ3n) is 3.23. The third-order valence-corrected chi connectivity index (χ3v) is 3.23. The van der Waals surface area contributed by atoms with E-state index in [2.05, 4.69) is 5.16 Å². The Balaban J connectivity index is 2.10. The number of piperidine rings is 1.